The van der Waals surface area contributed by atoms with E-state index in [0.717, 1.165) is 42.5 Å². The van der Waals surface area contributed by atoms with Gasteiger partial charge < -0.3 is 11.1 Å². The van der Waals surface area contributed by atoms with E-state index in [9.17, 15) is 0 Å². The van der Waals surface area contributed by atoms with Gasteiger partial charge in [0.2, 0.25) is 0 Å². The molecular formula is C14H18BrN3. The monoisotopic (exact) mass is 307 g/mol. The molecule has 1 aromatic heterocycles. The fourth-order valence-electron chi connectivity index (χ4n) is 1.96. The average Bonchev–Trinajstić information content (AvgIpc) is 2.41. The minimum Gasteiger partial charge on any atom is -0.330 e. The fourth-order valence-corrected chi connectivity index (χ4v) is 2.41. The molecule has 0 radical (unpaired) electrons. The van der Waals surface area contributed by atoms with Crippen molar-refractivity contribution in [2.45, 2.75) is 19.4 Å². The highest BCUT2D eigenvalue weighted by atomic mass is 79.9. The molecule has 3 nitrogen and oxygen atoms in total. The predicted molar refractivity (Wildman–Crippen MR) is 79.4 cm³/mol. The van der Waals surface area contributed by atoms with Gasteiger partial charge in [0.25, 0.3) is 0 Å². The normalized spacial score (nSPS) is 11.0. The van der Waals surface area contributed by atoms with Gasteiger partial charge in [0, 0.05) is 22.6 Å². The first-order chi connectivity index (χ1) is 8.83. The lowest BCUT2D eigenvalue weighted by Crippen LogP contribution is -2.16. The molecule has 0 aliphatic carbocycles. The molecule has 96 valence electrons. The SMILES string of the molecule is NCCCCNCc1ccc(Br)c2cccnc12. The molecule has 0 amide bonds. The highest BCUT2D eigenvalue weighted by Gasteiger charge is 2.04. The van der Waals surface area contributed by atoms with Crippen LogP contribution < -0.4 is 11.1 Å². The van der Waals surface area contributed by atoms with E-state index in [1.807, 2.05) is 12.3 Å². The predicted octanol–water partition coefficient (Wildman–Crippen LogP) is 2.83. The van der Waals surface area contributed by atoms with E-state index in [1.54, 1.807) is 0 Å². The summed E-state index contributed by atoms with van der Waals surface area (Å²) in [7, 11) is 0. The van der Waals surface area contributed by atoms with Gasteiger partial charge in [-0.25, -0.2) is 0 Å². The Kier molecular flexibility index (Phi) is 5.11. The Morgan fingerprint density at radius 3 is 2.94 bits per heavy atom. The molecule has 18 heavy (non-hydrogen) atoms. The van der Waals surface area contributed by atoms with Crippen molar-refractivity contribution >= 4 is 26.8 Å². The van der Waals surface area contributed by atoms with Gasteiger partial charge in [0.15, 0.2) is 0 Å². The van der Waals surface area contributed by atoms with Crippen LogP contribution in [0, 0.1) is 0 Å². The van der Waals surface area contributed by atoms with Crippen LogP contribution in [0.15, 0.2) is 34.9 Å². The van der Waals surface area contributed by atoms with Crippen molar-refractivity contribution in [2.75, 3.05) is 13.1 Å². The zero-order valence-corrected chi connectivity index (χ0v) is 11.9. The van der Waals surface area contributed by atoms with Crippen LogP contribution >= 0.6 is 15.9 Å². The Hall–Kier alpha value is -0.970. The summed E-state index contributed by atoms with van der Waals surface area (Å²) >= 11 is 3.56. The third-order valence-electron chi connectivity index (χ3n) is 2.92. The first-order valence-corrected chi connectivity index (χ1v) is 7.05. The van der Waals surface area contributed by atoms with E-state index in [0.29, 0.717) is 0 Å². The number of pyridine rings is 1. The van der Waals surface area contributed by atoms with Crippen LogP contribution in [0.5, 0.6) is 0 Å². The second-order valence-electron chi connectivity index (χ2n) is 4.28. The van der Waals surface area contributed by atoms with Crippen LogP contribution in [0.3, 0.4) is 0 Å². The molecule has 2 rings (SSSR count). The second kappa shape index (κ2) is 6.83. The van der Waals surface area contributed by atoms with Gasteiger partial charge in [-0.05, 0) is 43.6 Å². The number of nitrogens with one attached hydrogen (secondary N) is 1. The summed E-state index contributed by atoms with van der Waals surface area (Å²) in [6, 6.07) is 8.26. The summed E-state index contributed by atoms with van der Waals surface area (Å²) in [5, 5.41) is 4.60. The zero-order valence-electron chi connectivity index (χ0n) is 10.3. The van der Waals surface area contributed by atoms with Gasteiger partial charge in [0.1, 0.15) is 0 Å². The maximum Gasteiger partial charge on any atom is 0.0758 e. The standard InChI is InChI=1S/C14H18BrN3/c15-13-6-5-11(10-17-8-2-1-7-16)14-12(13)4-3-9-18-14/h3-6,9,17H,1-2,7-8,10,16H2. The van der Waals surface area contributed by atoms with Crippen molar-refractivity contribution in [2.24, 2.45) is 5.73 Å². The molecule has 0 aliphatic rings. The fraction of sp³-hybridized carbons (Fsp3) is 0.357. The average molecular weight is 308 g/mol. The first-order valence-electron chi connectivity index (χ1n) is 6.26. The molecule has 3 N–H and O–H groups in total. The molecule has 0 bridgehead atoms. The van der Waals surface area contributed by atoms with Gasteiger partial charge in [0.05, 0.1) is 5.52 Å². The van der Waals surface area contributed by atoms with E-state index in [-0.39, 0.29) is 0 Å². The largest absolute Gasteiger partial charge is 0.330 e. The van der Waals surface area contributed by atoms with Crippen LogP contribution in [-0.2, 0) is 6.54 Å². The number of fused-ring (bicyclic) bond motifs is 1. The number of nitrogens with zero attached hydrogens (tertiary/aromatic N) is 1. The molecule has 1 aromatic carbocycles. The van der Waals surface area contributed by atoms with Crippen LogP contribution in [0.4, 0.5) is 0 Å². The molecule has 0 unspecified atom stereocenters. The maximum absolute atomic E-state index is 5.47. The van der Waals surface area contributed by atoms with Crippen LogP contribution in [-0.4, -0.2) is 18.1 Å². The lowest BCUT2D eigenvalue weighted by Gasteiger charge is -2.08. The van der Waals surface area contributed by atoms with Crippen LogP contribution in [0.1, 0.15) is 18.4 Å². The lowest BCUT2D eigenvalue weighted by molar-refractivity contribution is 0.629. The Morgan fingerprint density at radius 1 is 1.22 bits per heavy atom. The smallest absolute Gasteiger partial charge is 0.0758 e. The van der Waals surface area contributed by atoms with Gasteiger partial charge in [-0.15, -0.1) is 0 Å². The summed E-state index contributed by atoms with van der Waals surface area (Å²) in [6.45, 7) is 2.62. The number of hydrogen-bond donors (Lipinski definition) is 2. The van der Waals surface area contributed by atoms with Gasteiger partial charge in [-0.1, -0.05) is 28.1 Å². The quantitative estimate of drug-likeness (QED) is 0.807. The highest BCUT2D eigenvalue weighted by Crippen LogP contribution is 2.24. The van der Waals surface area contributed by atoms with E-state index < -0.39 is 0 Å². The van der Waals surface area contributed by atoms with E-state index >= 15 is 0 Å². The second-order valence-corrected chi connectivity index (χ2v) is 5.13. The summed E-state index contributed by atoms with van der Waals surface area (Å²) < 4.78 is 1.09. The molecule has 0 aliphatic heterocycles. The minimum absolute atomic E-state index is 0.768. The Balaban J connectivity index is 2.07. The molecule has 0 fully saturated rings. The minimum atomic E-state index is 0.768. The molecule has 0 spiro atoms. The van der Waals surface area contributed by atoms with Crippen LogP contribution in [0.2, 0.25) is 0 Å². The van der Waals surface area contributed by atoms with E-state index in [1.165, 1.54) is 10.9 Å². The Labute approximate surface area is 116 Å². The first kappa shape index (κ1) is 13.5. The van der Waals surface area contributed by atoms with Crippen molar-refractivity contribution in [3.8, 4) is 0 Å². The summed E-state index contributed by atoms with van der Waals surface area (Å²) in [6.07, 6.45) is 4.04. The van der Waals surface area contributed by atoms with Crippen molar-refractivity contribution in [3.05, 3.63) is 40.5 Å². The van der Waals surface area contributed by atoms with Gasteiger partial charge >= 0.3 is 0 Å². The van der Waals surface area contributed by atoms with E-state index in [4.69, 9.17) is 5.73 Å². The number of rotatable bonds is 6. The van der Waals surface area contributed by atoms with Crippen LogP contribution in [0.25, 0.3) is 10.9 Å². The summed E-state index contributed by atoms with van der Waals surface area (Å²) in [4.78, 5) is 4.47. The molecule has 0 saturated heterocycles. The van der Waals surface area contributed by atoms with Crippen molar-refractivity contribution < 1.29 is 0 Å². The number of hydrogen-bond acceptors (Lipinski definition) is 3. The molecule has 1 heterocycles. The molecule has 0 saturated carbocycles. The van der Waals surface area contributed by atoms with Gasteiger partial charge in [-0.2, -0.15) is 0 Å². The number of nitrogens with two attached hydrogens (primary N) is 1. The molecule has 2 aromatic rings. The molecular weight excluding hydrogens is 290 g/mol. The summed E-state index contributed by atoms with van der Waals surface area (Å²) in [5.41, 5.74) is 7.78. The number of unbranched alkanes of at least 4 members (excludes halogenated alkanes) is 1. The maximum atomic E-state index is 5.47. The highest BCUT2D eigenvalue weighted by molar-refractivity contribution is 9.10. The molecule has 4 heteroatoms. The zero-order chi connectivity index (χ0) is 12.8. The topological polar surface area (TPSA) is 50.9 Å². The van der Waals surface area contributed by atoms with Gasteiger partial charge in [-0.3, -0.25) is 4.98 Å². The van der Waals surface area contributed by atoms with Crippen molar-refractivity contribution in [1.82, 2.24) is 10.3 Å². The Bertz CT molecular complexity index is 513. The third-order valence-corrected chi connectivity index (χ3v) is 3.61. The van der Waals surface area contributed by atoms with Crippen molar-refractivity contribution in [1.29, 1.82) is 0 Å². The number of halogens is 1. The lowest BCUT2D eigenvalue weighted by atomic mass is 10.1. The third kappa shape index (κ3) is 3.28. The van der Waals surface area contributed by atoms with Crippen molar-refractivity contribution in [3.63, 3.8) is 0 Å². The Morgan fingerprint density at radius 2 is 2.11 bits per heavy atom. The summed E-state index contributed by atoms with van der Waals surface area (Å²) in [5.74, 6) is 0. The number of aromatic nitrogens is 1. The number of benzene rings is 1. The van der Waals surface area contributed by atoms with E-state index in [2.05, 4.69) is 44.4 Å². The molecule has 0 atom stereocenters.